The van der Waals surface area contributed by atoms with E-state index in [4.69, 9.17) is 9.47 Å². The number of anilines is 1. The van der Waals surface area contributed by atoms with E-state index in [0.29, 0.717) is 31.0 Å². The van der Waals surface area contributed by atoms with Crippen LogP contribution in [0.3, 0.4) is 0 Å². The van der Waals surface area contributed by atoms with E-state index in [2.05, 4.69) is 0 Å². The van der Waals surface area contributed by atoms with Crippen molar-refractivity contribution < 1.29 is 19.1 Å². The molecule has 0 saturated carbocycles. The molecule has 0 N–H and O–H groups in total. The summed E-state index contributed by atoms with van der Waals surface area (Å²) >= 11 is 0. The van der Waals surface area contributed by atoms with Crippen LogP contribution in [0.5, 0.6) is 11.5 Å². The van der Waals surface area contributed by atoms with E-state index in [1.165, 1.54) is 0 Å². The first-order valence-corrected chi connectivity index (χ1v) is 9.34. The predicted molar refractivity (Wildman–Crippen MR) is 108 cm³/mol. The van der Waals surface area contributed by atoms with Gasteiger partial charge in [0.05, 0.1) is 20.1 Å². The van der Waals surface area contributed by atoms with Crippen LogP contribution in [0.25, 0.3) is 0 Å². The van der Waals surface area contributed by atoms with Crippen LogP contribution in [0.1, 0.15) is 12.0 Å². The third-order valence-electron chi connectivity index (χ3n) is 5.16. The topological polar surface area (TPSA) is 59.1 Å². The van der Waals surface area contributed by atoms with Crippen molar-refractivity contribution in [3.63, 3.8) is 0 Å². The van der Waals surface area contributed by atoms with E-state index in [0.717, 1.165) is 11.3 Å². The maximum Gasteiger partial charge on any atom is 0.232 e. The van der Waals surface area contributed by atoms with Gasteiger partial charge in [0.2, 0.25) is 11.8 Å². The normalized spacial score (nSPS) is 16.2. The van der Waals surface area contributed by atoms with Gasteiger partial charge in [0.15, 0.2) is 11.5 Å². The maximum absolute atomic E-state index is 12.8. The van der Waals surface area contributed by atoms with Gasteiger partial charge in [-0.1, -0.05) is 24.3 Å². The Labute approximate surface area is 165 Å². The molecule has 0 unspecified atom stereocenters. The van der Waals surface area contributed by atoms with Gasteiger partial charge in [0.25, 0.3) is 0 Å². The van der Waals surface area contributed by atoms with Crippen LogP contribution in [0.2, 0.25) is 0 Å². The Morgan fingerprint density at radius 2 is 1.82 bits per heavy atom. The molecule has 148 valence electrons. The van der Waals surface area contributed by atoms with Crippen LogP contribution in [0, 0.1) is 5.92 Å². The van der Waals surface area contributed by atoms with Crippen molar-refractivity contribution >= 4 is 17.5 Å². The number of hydrogen-bond donors (Lipinski definition) is 0. The zero-order valence-electron chi connectivity index (χ0n) is 16.6. The predicted octanol–water partition coefficient (Wildman–Crippen LogP) is 2.76. The highest BCUT2D eigenvalue weighted by Crippen LogP contribution is 2.28. The van der Waals surface area contributed by atoms with Gasteiger partial charge in [-0.3, -0.25) is 9.59 Å². The summed E-state index contributed by atoms with van der Waals surface area (Å²) in [6.07, 6.45) is 0.962. The van der Waals surface area contributed by atoms with Crippen molar-refractivity contribution in [1.82, 2.24) is 4.90 Å². The standard InChI is InChI=1S/C22H26N2O4/c1-23(18-7-5-4-6-8-18)22(26)17-14-21(25)24(15-17)12-11-16-9-10-19(27-2)20(13-16)28-3/h4-10,13,17H,11-12,14-15H2,1-3H3/t17-/m0/s1. The van der Waals surface area contributed by atoms with E-state index < -0.39 is 0 Å². The van der Waals surface area contributed by atoms with Crippen LogP contribution in [0.15, 0.2) is 48.5 Å². The van der Waals surface area contributed by atoms with Crippen molar-refractivity contribution in [2.45, 2.75) is 12.8 Å². The summed E-state index contributed by atoms with van der Waals surface area (Å²) < 4.78 is 10.6. The molecule has 2 amide bonds. The third kappa shape index (κ3) is 4.27. The average Bonchev–Trinajstić information content (AvgIpc) is 3.12. The Morgan fingerprint density at radius 3 is 2.50 bits per heavy atom. The highest BCUT2D eigenvalue weighted by molar-refractivity contribution is 5.98. The molecule has 1 aliphatic rings. The van der Waals surface area contributed by atoms with Crippen molar-refractivity contribution in [3.05, 3.63) is 54.1 Å². The quantitative estimate of drug-likeness (QED) is 0.739. The molecule has 28 heavy (non-hydrogen) atoms. The summed E-state index contributed by atoms with van der Waals surface area (Å²) in [4.78, 5) is 28.6. The molecule has 2 aromatic rings. The van der Waals surface area contributed by atoms with Gasteiger partial charge in [-0.25, -0.2) is 0 Å². The van der Waals surface area contributed by atoms with E-state index in [-0.39, 0.29) is 24.2 Å². The van der Waals surface area contributed by atoms with Crippen molar-refractivity contribution in [1.29, 1.82) is 0 Å². The second-order valence-corrected chi connectivity index (χ2v) is 6.91. The summed E-state index contributed by atoms with van der Waals surface area (Å²) in [6, 6.07) is 15.2. The van der Waals surface area contributed by atoms with Crippen LogP contribution < -0.4 is 14.4 Å². The number of benzene rings is 2. The summed E-state index contributed by atoms with van der Waals surface area (Å²) in [5.41, 5.74) is 1.89. The molecule has 3 rings (SSSR count). The molecule has 1 atom stereocenters. The molecule has 1 heterocycles. The summed E-state index contributed by atoms with van der Waals surface area (Å²) in [7, 11) is 4.96. The Hall–Kier alpha value is -3.02. The van der Waals surface area contributed by atoms with Crippen molar-refractivity contribution in [3.8, 4) is 11.5 Å². The lowest BCUT2D eigenvalue weighted by atomic mass is 10.1. The van der Waals surface area contributed by atoms with Crippen molar-refractivity contribution in [2.24, 2.45) is 5.92 Å². The molecule has 1 fully saturated rings. The van der Waals surface area contributed by atoms with Crippen LogP contribution in [0.4, 0.5) is 5.69 Å². The van der Waals surface area contributed by atoms with Gasteiger partial charge in [-0.2, -0.15) is 0 Å². The molecule has 1 saturated heterocycles. The van der Waals surface area contributed by atoms with Gasteiger partial charge in [-0.05, 0) is 36.2 Å². The monoisotopic (exact) mass is 382 g/mol. The minimum Gasteiger partial charge on any atom is -0.493 e. The SMILES string of the molecule is COc1ccc(CCN2C[C@@H](C(=O)N(C)c3ccccc3)CC2=O)cc1OC. The van der Waals surface area contributed by atoms with E-state index in [9.17, 15) is 9.59 Å². The number of rotatable bonds is 7. The molecule has 6 heteroatoms. The maximum atomic E-state index is 12.8. The second kappa shape index (κ2) is 8.78. The Morgan fingerprint density at radius 1 is 1.11 bits per heavy atom. The number of methoxy groups -OCH3 is 2. The third-order valence-corrected chi connectivity index (χ3v) is 5.16. The van der Waals surface area contributed by atoms with E-state index >= 15 is 0 Å². The molecule has 0 spiro atoms. The van der Waals surface area contributed by atoms with Crippen molar-refractivity contribution in [2.75, 3.05) is 39.3 Å². The lowest BCUT2D eigenvalue weighted by molar-refractivity contribution is -0.128. The van der Waals surface area contributed by atoms with Gasteiger partial charge in [0, 0.05) is 32.2 Å². The fourth-order valence-electron chi connectivity index (χ4n) is 3.51. The van der Waals surface area contributed by atoms with Crippen LogP contribution in [-0.4, -0.2) is 51.1 Å². The number of likely N-dealkylation sites (tertiary alicyclic amines) is 1. The Balaban J connectivity index is 1.60. The highest BCUT2D eigenvalue weighted by Gasteiger charge is 2.35. The highest BCUT2D eigenvalue weighted by atomic mass is 16.5. The number of carbonyl (C=O) groups excluding carboxylic acids is 2. The molecule has 6 nitrogen and oxygen atoms in total. The number of carbonyl (C=O) groups is 2. The van der Waals surface area contributed by atoms with Gasteiger partial charge < -0.3 is 19.3 Å². The largest absolute Gasteiger partial charge is 0.493 e. The minimum atomic E-state index is -0.303. The van der Waals surface area contributed by atoms with Gasteiger partial charge in [-0.15, -0.1) is 0 Å². The first kappa shape index (κ1) is 19.7. The molecule has 0 aromatic heterocycles. The van der Waals surface area contributed by atoms with Gasteiger partial charge >= 0.3 is 0 Å². The fourth-order valence-corrected chi connectivity index (χ4v) is 3.51. The average molecular weight is 382 g/mol. The number of para-hydroxylation sites is 1. The first-order valence-electron chi connectivity index (χ1n) is 9.34. The number of hydrogen-bond acceptors (Lipinski definition) is 4. The lowest BCUT2D eigenvalue weighted by Crippen LogP contribution is -2.35. The molecule has 2 aromatic carbocycles. The molecule has 0 bridgehead atoms. The van der Waals surface area contributed by atoms with E-state index in [1.54, 1.807) is 31.1 Å². The summed E-state index contributed by atoms with van der Waals surface area (Å²) in [5, 5.41) is 0. The zero-order valence-corrected chi connectivity index (χ0v) is 16.6. The smallest absolute Gasteiger partial charge is 0.232 e. The lowest BCUT2D eigenvalue weighted by Gasteiger charge is -2.21. The minimum absolute atomic E-state index is 0.0202. The fraction of sp³-hybridized carbons (Fsp3) is 0.364. The van der Waals surface area contributed by atoms with E-state index in [1.807, 2.05) is 48.5 Å². The molecule has 0 radical (unpaired) electrons. The molecular formula is C22H26N2O4. The summed E-state index contributed by atoms with van der Waals surface area (Å²) in [5.74, 6) is 1.06. The number of ether oxygens (including phenoxy) is 2. The number of nitrogens with zero attached hydrogens (tertiary/aromatic N) is 2. The molecular weight excluding hydrogens is 356 g/mol. The van der Waals surface area contributed by atoms with Crippen LogP contribution in [-0.2, 0) is 16.0 Å². The number of amides is 2. The zero-order chi connectivity index (χ0) is 20.1. The molecule has 1 aliphatic heterocycles. The second-order valence-electron chi connectivity index (χ2n) is 6.91. The molecule has 0 aliphatic carbocycles. The van der Waals surface area contributed by atoms with Gasteiger partial charge in [0.1, 0.15) is 0 Å². The van der Waals surface area contributed by atoms with Crippen LogP contribution >= 0.6 is 0 Å². The summed E-state index contributed by atoms with van der Waals surface area (Å²) in [6.45, 7) is 1.04. The Kier molecular flexibility index (Phi) is 6.19. The first-order chi connectivity index (χ1) is 13.5. The Bertz CT molecular complexity index is 838.